The van der Waals surface area contributed by atoms with Gasteiger partial charge >= 0.3 is 11.7 Å². The van der Waals surface area contributed by atoms with E-state index < -0.39 is 11.7 Å². The van der Waals surface area contributed by atoms with E-state index in [4.69, 9.17) is 9.15 Å². The van der Waals surface area contributed by atoms with Crippen molar-refractivity contribution in [2.75, 3.05) is 11.9 Å². The number of aryl methyl sites for hydroxylation is 2. The van der Waals surface area contributed by atoms with E-state index in [1.807, 2.05) is 13.8 Å². The molecule has 0 spiro atoms. The largest absolute Gasteiger partial charge is 0.462 e. The molecule has 0 bridgehead atoms. The lowest BCUT2D eigenvalue weighted by Crippen LogP contribution is -2.20. The van der Waals surface area contributed by atoms with Gasteiger partial charge in [-0.3, -0.25) is 9.36 Å². The van der Waals surface area contributed by atoms with Crippen LogP contribution in [0.25, 0.3) is 11.1 Å². The Morgan fingerprint density at radius 3 is 2.71 bits per heavy atom. The van der Waals surface area contributed by atoms with Gasteiger partial charge < -0.3 is 14.5 Å². The molecule has 0 radical (unpaired) electrons. The fourth-order valence-corrected chi connectivity index (χ4v) is 4.29. The van der Waals surface area contributed by atoms with Gasteiger partial charge in [0.15, 0.2) is 5.58 Å². The lowest BCUT2D eigenvalue weighted by Gasteiger charge is -2.08. The number of hydrogen-bond donors (Lipinski definition) is 1. The molecular formula is C20H22N2O5S. The molecule has 0 aliphatic rings. The summed E-state index contributed by atoms with van der Waals surface area (Å²) in [5, 5.41) is 3.30. The number of carbonyl (C=O) groups excluding carboxylic acids is 2. The van der Waals surface area contributed by atoms with E-state index in [-0.39, 0.29) is 25.5 Å². The Bertz CT molecular complexity index is 1080. The number of esters is 1. The van der Waals surface area contributed by atoms with Crippen molar-refractivity contribution in [3.63, 3.8) is 0 Å². The Kier molecular flexibility index (Phi) is 5.99. The molecule has 1 N–H and O–H groups in total. The Labute approximate surface area is 165 Å². The molecule has 0 fully saturated rings. The van der Waals surface area contributed by atoms with Gasteiger partial charge in [0, 0.05) is 17.8 Å². The zero-order valence-electron chi connectivity index (χ0n) is 16.0. The fourth-order valence-electron chi connectivity index (χ4n) is 3.14. The van der Waals surface area contributed by atoms with Crippen LogP contribution in [0.5, 0.6) is 0 Å². The average molecular weight is 402 g/mol. The third kappa shape index (κ3) is 3.87. The number of benzene rings is 1. The van der Waals surface area contributed by atoms with Gasteiger partial charge in [-0.05, 0) is 38.0 Å². The molecule has 0 saturated heterocycles. The first-order valence-electron chi connectivity index (χ1n) is 9.13. The molecule has 2 aromatic heterocycles. The molecule has 8 heteroatoms. The molecule has 1 amide bonds. The van der Waals surface area contributed by atoms with E-state index in [2.05, 4.69) is 5.32 Å². The van der Waals surface area contributed by atoms with Crippen molar-refractivity contribution in [3.8, 4) is 0 Å². The van der Waals surface area contributed by atoms with Crippen molar-refractivity contribution < 1.29 is 18.7 Å². The van der Waals surface area contributed by atoms with Crippen molar-refractivity contribution in [1.29, 1.82) is 0 Å². The highest BCUT2D eigenvalue weighted by Crippen LogP contribution is 2.34. The van der Waals surface area contributed by atoms with Gasteiger partial charge in [0.2, 0.25) is 5.91 Å². The minimum absolute atomic E-state index is 0.0735. The van der Waals surface area contributed by atoms with E-state index in [9.17, 15) is 14.4 Å². The van der Waals surface area contributed by atoms with Gasteiger partial charge in [0.05, 0.1) is 17.7 Å². The highest BCUT2D eigenvalue weighted by Gasteiger charge is 2.23. The monoisotopic (exact) mass is 402 g/mol. The normalized spacial score (nSPS) is 11.0. The van der Waals surface area contributed by atoms with Gasteiger partial charge in [0.1, 0.15) is 5.00 Å². The molecule has 3 rings (SSSR count). The van der Waals surface area contributed by atoms with Gasteiger partial charge in [-0.15, -0.1) is 11.3 Å². The summed E-state index contributed by atoms with van der Waals surface area (Å²) in [6.45, 7) is 6.06. The molecule has 3 aromatic rings. The zero-order valence-corrected chi connectivity index (χ0v) is 16.9. The molecule has 1 aromatic carbocycles. The van der Waals surface area contributed by atoms with Crippen LogP contribution in [-0.2, 0) is 22.5 Å². The Morgan fingerprint density at radius 1 is 1.25 bits per heavy atom. The summed E-state index contributed by atoms with van der Waals surface area (Å²) < 4.78 is 11.8. The molecule has 0 aliphatic carbocycles. The summed E-state index contributed by atoms with van der Waals surface area (Å²) in [4.78, 5) is 37.8. The van der Waals surface area contributed by atoms with E-state index in [1.54, 1.807) is 31.2 Å². The van der Waals surface area contributed by atoms with Gasteiger partial charge in [-0.25, -0.2) is 9.59 Å². The maximum atomic E-state index is 12.5. The Balaban J connectivity index is 1.77. The van der Waals surface area contributed by atoms with Crippen LogP contribution in [0.15, 0.2) is 33.5 Å². The first kappa shape index (κ1) is 19.9. The molecule has 0 unspecified atom stereocenters. The number of amides is 1. The molecule has 0 atom stereocenters. The maximum Gasteiger partial charge on any atom is 0.419 e. The predicted octanol–water partition coefficient (Wildman–Crippen LogP) is 3.73. The number of para-hydroxylation sites is 2. The standard InChI is InChI=1S/C20H22N2O5S/c1-4-13-12(3)28-18(17(13)19(24)26-5-2)21-16(23)10-11-22-14-8-6-7-9-15(14)27-20(22)25/h6-9H,4-5,10-11H2,1-3H3,(H,21,23). The molecule has 28 heavy (non-hydrogen) atoms. The summed E-state index contributed by atoms with van der Waals surface area (Å²) >= 11 is 1.36. The van der Waals surface area contributed by atoms with E-state index in [0.717, 1.165) is 10.4 Å². The quantitative estimate of drug-likeness (QED) is 0.608. The van der Waals surface area contributed by atoms with Crippen LogP contribution in [0.1, 0.15) is 41.1 Å². The van der Waals surface area contributed by atoms with Crippen molar-refractivity contribution in [1.82, 2.24) is 4.57 Å². The molecule has 0 aliphatic heterocycles. The summed E-state index contributed by atoms with van der Waals surface area (Å²) in [5.41, 5.74) is 2.44. The second-order valence-electron chi connectivity index (χ2n) is 6.20. The van der Waals surface area contributed by atoms with Gasteiger partial charge in [-0.1, -0.05) is 19.1 Å². The van der Waals surface area contributed by atoms with E-state index in [1.165, 1.54) is 15.9 Å². The third-order valence-electron chi connectivity index (χ3n) is 4.43. The van der Waals surface area contributed by atoms with E-state index >= 15 is 0 Å². The summed E-state index contributed by atoms with van der Waals surface area (Å²) in [6, 6.07) is 7.07. The number of rotatable bonds is 7. The number of hydrogen-bond acceptors (Lipinski definition) is 6. The minimum Gasteiger partial charge on any atom is -0.462 e. The van der Waals surface area contributed by atoms with Crippen molar-refractivity contribution in [2.45, 2.75) is 40.2 Å². The molecule has 2 heterocycles. The first-order chi connectivity index (χ1) is 13.5. The molecular weight excluding hydrogens is 380 g/mol. The number of ether oxygens (including phenoxy) is 1. The average Bonchev–Trinajstić information content (AvgIpc) is 3.15. The second-order valence-corrected chi connectivity index (χ2v) is 7.43. The second kappa shape index (κ2) is 8.43. The first-order valence-corrected chi connectivity index (χ1v) is 9.95. The van der Waals surface area contributed by atoms with Crippen LogP contribution in [0.2, 0.25) is 0 Å². The molecule has 0 saturated carbocycles. The van der Waals surface area contributed by atoms with Crippen LogP contribution in [0.3, 0.4) is 0 Å². The minimum atomic E-state index is -0.499. The highest BCUT2D eigenvalue weighted by molar-refractivity contribution is 7.16. The number of oxazole rings is 1. The predicted molar refractivity (Wildman–Crippen MR) is 108 cm³/mol. The number of anilines is 1. The number of aromatic nitrogens is 1. The lowest BCUT2D eigenvalue weighted by molar-refractivity contribution is -0.116. The van der Waals surface area contributed by atoms with Crippen LogP contribution >= 0.6 is 11.3 Å². The lowest BCUT2D eigenvalue weighted by atomic mass is 10.1. The number of nitrogens with one attached hydrogen (secondary N) is 1. The molecule has 7 nitrogen and oxygen atoms in total. The summed E-state index contributed by atoms with van der Waals surface area (Å²) in [7, 11) is 0. The summed E-state index contributed by atoms with van der Waals surface area (Å²) in [6.07, 6.45) is 0.743. The van der Waals surface area contributed by atoms with Gasteiger partial charge in [-0.2, -0.15) is 0 Å². The smallest absolute Gasteiger partial charge is 0.419 e. The number of thiophene rings is 1. The Morgan fingerprint density at radius 2 is 2.00 bits per heavy atom. The fraction of sp³-hybridized carbons (Fsp3) is 0.350. The number of fused-ring (bicyclic) bond motifs is 1. The number of carbonyl (C=O) groups is 2. The van der Waals surface area contributed by atoms with Crippen LogP contribution in [0, 0.1) is 6.92 Å². The van der Waals surface area contributed by atoms with Crippen molar-refractivity contribution in [2.24, 2.45) is 0 Å². The summed E-state index contributed by atoms with van der Waals surface area (Å²) in [5.74, 6) is -1.22. The van der Waals surface area contributed by atoms with Crippen molar-refractivity contribution in [3.05, 3.63) is 50.8 Å². The van der Waals surface area contributed by atoms with Crippen LogP contribution < -0.4 is 11.1 Å². The maximum absolute atomic E-state index is 12.5. The molecule has 148 valence electrons. The SMILES string of the molecule is CCOC(=O)c1c(NC(=O)CCn2c(=O)oc3ccccc32)sc(C)c1CC. The topological polar surface area (TPSA) is 90.5 Å². The highest BCUT2D eigenvalue weighted by atomic mass is 32.1. The Hall–Kier alpha value is -2.87. The van der Waals surface area contributed by atoms with Gasteiger partial charge in [0.25, 0.3) is 0 Å². The number of nitrogens with zero attached hydrogens (tertiary/aromatic N) is 1. The zero-order chi connectivity index (χ0) is 20.3. The van der Waals surface area contributed by atoms with E-state index in [0.29, 0.717) is 28.1 Å². The van der Waals surface area contributed by atoms with Crippen LogP contribution in [0.4, 0.5) is 5.00 Å². The third-order valence-corrected chi connectivity index (χ3v) is 5.49. The van der Waals surface area contributed by atoms with Crippen LogP contribution in [-0.4, -0.2) is 23.1 Å². The van der Waals surface area contributed by atoms with Crippen molar-refractivity contribution >= 4 is 39.3 Å².